The van der Waals surface area contributed by atoms with E-state index in [1.54, 1.807) is 7.05 Å². The van der Waals surface area contributed by atoms with Gasteiger partial charge >= 0.3 is 5.97 Å². The first kappa shape index (κ1) is 18.4. The summed E-state index contributed by atoms with van der Waals surface area (Å²) in [5.41, 5.74) is 0. The molecule has 0 radical (unpaired) electrons. The van der Waals surface area contributed by atoms with Crippen LogP contribution in [0.5, 0.6) is 0 Å². The summed E-state index contributed by atoms with van der Waals surface area (Å²) in [4.78, 5) is 24.8. The van der Waals surface area contributed by atoms with Gasteiger partial charge in [0.05, 0.1) is 13.0 Å². The predicted molar refractivity (Wildman–Crippen MR) is 95.6 cm³/mol. The fourth-order valence-electron chi connectivity index (χ4n) is 2.49. The van der Waals surface area contributed by atoms with Crippen LogP contribution in [0.4, 0.5) is 5.13 Å². The molecule has 134 valence electrons. The van der Waals surface area contributed by atoms with Crippen molar-refractivity contribution in [2.45, 2.75) is 20.3 Å². The maximum atomic E-state index is 11.5. The molecule has 0 aliphatic carbocycles. The van der Waals surface area contributed by atoms with Crippen LogP contribution in [0, 0.1) is 5.92 Å². The van der Waals surface area contributed by atoms with Gasteiger partial charge in [-0.05, 0) is 0 Å². The molecule has 8 nitrogen and oxygen atoms in total. The van der Waals surface area contributed by atoms with Gasteiger partial charge in [-0.2, -0.15) is 4.37 Å². The lowest BCUT2D eigenvalue weighted by Gasteiger charge is -2.36. The SMILES string of the molecule is CCc1nsc(N2CCN(C(=NC)NCC(C)C(=O)OC)CC2)n1. The van der Waals surface area contributed by atoms with Crippen LogP contribution in [0.3, 0.4) is 0 Å². The molecule has 1 N–H and O–H groups in total. The largest absolute Gasteiger partial charge is 0.469 e. The highest BCUT2D eigenvalue weighted by molar-refractivity contribution is 7.09. The molecule has 9 heteroatoms. The highest BCUT2D eigenvalue weighted by Gasteiger charge is 2.23. The number of aliphatic imine (C=N–C) groups is 1. The number of guanidine groups is 1. The van der Waals surface area contributed by atoms with Gasteiger partial charge in [0.25, 0.3) is 0 Å². The second kappa shape index (κ2) is 8.81. The second-order valence-corrected chi connectivity index (χ2v) is 6.40. The predicted octanol–water partition coefficient (Wildman–Crippen LogP) is 0.607. The molecular formula is C15H26N6O2S. The molecule has 0 bridgehead atoms. The number of anilines is 1. The van der Waals surface area contributed by atoms with Crippen LogP contribution >= 0.6 is 11.5 Å². The van der Waals surface area contributed by atoms with E-state index in [4.69, 9.17) is 4.74 Å². The lowest BCUT2D eigenvalue weighted by molar-refractivity contribution is -0.144. The first-order valence-electron chi connectivity index (χ1n) is 8.20. The minimum atomic E-state index is -0.217. The Morgan fingerprint density at radius 2 is 2.12 bits per heavy atom. The molecule has 1 aromatic heterocycles. The van der Waals surface area contributed by atoms with Crippen LogP contribution < -0.4 is 10.2 Å². The molecule has 1 aromatic rings. The number of hydrogen-bond donors (Lipinski definition) is 1. The molecule has 1 unspecified atom stereocenters. The van der Waals surface area contributed by atoms with Gasteiger partial charge in [0.15, 0.2) is 5.96 Å². The molecule has 0 spiro atoms. The second-order valence-electron chi connectivity index (χ2n) is 5.67. The molecule has 0 aromatic carbocycles. The van der Waals surface area contributed by atoms with Crippen molar-refractivity contribution in [3.8, 4) is 0 Å². The van der Waals surface area contributed by atoms with E-state index in [0.29, 0.717) is 6.54 Å². The molecule has 1 aliphatic heterocycles. The number of methoxy groups -OCH3 is 1. The zero-order chi connectivity index (χ0) is 17.5. The van der Waals surface area contributed by atoms with Crippen LogP contribution in [-0.2, 0) is 16.0 Å². The highest BCUT2D eigenvalue weighted by Crippen LogP contribution is 2.19. The van der Waals surface area contributed by atoms with Crippen molar-refractivity contribution in [1.82, 2.24) is 19.6 Å². The third kappa shape index (κ3) is 4.56. The Balaban J connectivity index is 1.84. The van der Waals surface area contributed by atoms with Crippen molar-refractivity contribution < 1.29 is 9.53 Å². The molecule has 0 amide bonds. The maximum absolute atomic E-state index is 11.5. The van der Waals surface area contributed by atoms with Gasteiger partial charge in [-0.15, -0.1) is 0 Å². The molecule has 1 aliphatic rings. The number of carbonyl (C=O) groups is 1. The summed E-state index contributed by atoms with van der Waals surface area (Å²) in [6.45, 7) is 7.88. The lowest BCUT2D eigenvalue weighted by Crippen LogP contribution is -2.53. The number of nitrogens with zero attached hydrogens (tertiary/aromatic N) is 5. The van der Waals surface area contributed by atoms with Gasteiger partial charge in [-0.1, -0.05) is 13.8 Å². The summed E-state index contributed by atoms with van der Waals surface area (Å²) >= 11 is 1.46. The number of aromatic nitrogens is 2. The number of aryl methyl sites for hydroxylation is 1. The first-order chi connectivity index (χ1) is 11.6. The molecule has 1 saturated heterocycles. The van der Waals surface area contributed by atoms with Crippen molar-refractivity contribution in [3.05, 3.63) is 5.82 Å². The number of rotatable bonds is 5. The van der Waals surface area contributed by atoms with Crippen LogP contribution in [0.1, 0.15) is 19.7 Å². The van der Waals surface area contributed by atoms with Crippen molar-refractivity contribution >= 4 is 28.6 Å². The summed E-state index contributed by atoms with van der Waals surface area (Å²) < 4.78 is 9.10. The monoisotopic (exact) mass is 354 g/mol. The summed E-state index contributed by atoms with van der Waals surface area (Å²) in [5.74, 6) is 1.30. The van der Waals surface area contributed by atoms with Gasteiger partial charge in [-0.25, -0.2) is 4.98 Å². The van der Waals surface area contributed by atoms with Crippen LogP contribution in [0.15, 0.2) is 4.99 Å². The quantitative estimate of drug-likeness (QED) is 0.471. The third-order valence-corrected chi connectivity index (χ3v) is 4.82. The Bertz CT molecular complexity index is 568. The topological polar surface area (TPSA) is 83.0 Å². The Kier molecular flexibility index (Phi) is 6.77. The average Bonchev–Trinajstić information content (AvgIpc) is 3.11. The van der Waals surface area contributed by atoms with Crippen LogP contribution in [0.25, 0.3) is 0 Å². The number of piperazine rings is 1. The standard InChI is InChI=1S/C15H26N6O2S/c1-5-12-18-15(24-19-12)21-8-6-20(7-9-21)14(16-3)17-10-11(2)13(22)23-4/h11H,5-10H2,1-4H3,(H,16,17). The Hall–Kier alpha value is -1.90. The fraction of sp³-hybridized carbons (Fsp3) is 0.733. The summed E-state index contributed by atoms with van der Waals surface area (Å²) in [6, 6.07) is 0. The van der Waals surface area contributed by atoms with E-state index in [1.165, 1.54) is 18.6 Å². The zero-order valence-electron chi connectivity index (χ0n) is 14.8. The lowest BCUT2D eigenvalue weighted by atomic mass is 10.2. The van der Waals surface area contributed by atoms with Crippen molar-refractivity contribution in [3.63, 3.8) is 0 Å². The third-order valence-electron chi connectivity index (χ3n) is 4.01. The summed E-state index contributed by atoms with van der Waals surface area (Å²) in [5, 5.41) is 4.25. The van der Waals surface area contributed by atoms with E-state index in [2.05, 4.69) is 36.4 Å². The number of hydrogen-bond acceptors (Lipinski definition) is 7. The highest BCUT2D eigenvalue weighted by atomic mass is 32.1. The van der Waals surface area contributed by atoms with E-state index in [-0.39, 0.29) is 11.9 Å². The van der Waals surface area contributed by atoms with Crippen molar-refractivity contribution in [2.24, 2.45) is 10.9 Å². The Labute approximate surface area is 147 Å². The minimum Gasteiger partial charge on any atom is -0.469 e. The number of ether oxygens (including phenoxy) is 1. The summed E-state index contributed by atoms with van der Waals surface area (Å²) in [6.07, 6.45) is 0.866. The molecular weight excluding hydrogens is 328 g/mol. The number of carbonyl (C=O) groups excluding carboxylic acids is 1. The molecule has 2 heterocycles. The van der Waals surface area contributed by atoms with Gasteiger partial charge < -0.3 is 19.9 Å². The first-order valence-corrected chi connectivity index (χ1v) is 8.97. The van der Waals surface area contributed by atoms with E-state index < -0.39 is 0 Å². The number of esters is 1. The van der Waals surface area contributed by atoms with Gasteiger partial charge in [-0.3, -0.25) is 9.79 Å². The van der Waals surface area contributed by atoms with Crippen molar-refractivity contribution in [2.75, 3.05) is 51.8 Å². The van der Waals surface area contributed by atoms with Crippen LogP contribution in [0.2, 0.25) is 0 Å². The molecule has 1 atom stereocenters. The molecule has 1 fully saturated rings. The van der Waals surface area contributed by atoms with E-state index in [1.807, 2.05) is 6.92 Å². The van der Waals surface area contributed by atoms with Crippen LogP contribution in [-0.4, -0.2) is 73.1 Å². The van der Waals surface area contributed by atoms with E-state index in [0.717, 1.165) is 49.5 Å². The smallest absolute Gasteiger partial charge is 0.310 e. The normalized spacial score (nSPS) is 16.9. The Morgan fingerprint density at radius 3 is 2.67 bits per heavy atom. The average molecular weight is 354 g/mol. The molecule has 24 heavy (non-hydrogen) atoms. The van der Waals surface area contributed by atoms with Gasteiger partial charge in [0.2, 0.25) is 5.13 Å². The Morgan fingerprint density at radius 1 is 1.42 bits per heavy atom. The summed E-state index contributed by atoms with van der Waals surface area (Å²) in [7, 11) is 3.17. The maximum Gasteiger partial charge on any atom is 0.310 e. The van der Waals surface area contributed by atoms with Crippen molar-refractivity contribution in [1.29, 1.82) is 0 Å². The van der Waals surface area contributed by atoms with Gasteiger partial charge in [0, 0.05) is 57.7 Å². The zero-order valence-corrected chi connectivity index (χ0v) is 15.6. The van der Waals surface area contributed by atoms with Gasteiger partial charge in [0.1, 0.15) is 5.82 Å². The van der Waals surface area contributed by atoms with E-state index in [9.17, 15) is 4.79 Å². The minimum absolute atomic E-state index is 0.207. The van der Waals surface area contributed by atoms with E-state index >= 15 is 0 Å². The fourth-order valence-corrected chi connectivity index (χ4v) is 3.29. The molecule has 2 rings (SSSR count). The molecule has 0 saturated carbocycles. The number of nitrogens with one attached hydrogen (secondary N) is 1.